The van der Waals surface area contributed by atoms with E-state index in [2.05, 4.69) is 13.8 Å². The minimum absolute atomic E-state index is 0.273. The summed E-state index contributed by atoms with van der Waals surface area (Å²) in [5.74, 6) is -0.0200. The SMILES string of the molecule is CC(C)CC(CN)(C(=O)O)C1CCCCCC1. The maximum Gasteiger partial charge on any atom is 0.311 e. The van der Waals surface area contributed by atoms with Crippen molar-refractivity contribution in [1.29, 1.82) is 0 Å². The Morgan fingerprint density at radius 2 is 1.82 bits per heavy atom. The standard InChI is InChI=1S/C14H27NO2/c1-11(2)9-14(10-15,13(16)17)12-7-5-3-4-6-8-12/h11-12H,3-10,15H2,1-2H3,(H,16,17). The lowest BCUT2D eigenvalue weighted by Gasteiger charge is -2.37. The molecule has 0 aliphatic heterocycles. The summed E-state index contributed by atoms with van der Waals surface area (Å²) < 4.78 is 0. The van der Waals surface area contributed by atoms with Gasteiger partial charge < -0.3 is 10.8 Å². The van der Waals surface area contributed by atoms with Gasteiger partial charge in [0.1, 0.15) is 0 Å². The number of carboxylic acid groups (broad SMARTS) is 1. The van der Waals surface area contributed by atoms with Crippen molar-refractivity contribution >= 4 is 5.97 Å². The Hall–Kier alpha value is -0.570. The molecule has 0 aromatic heterocycles. The Bertz CT molecular complexity index is 245. The second-order valence-electron chi connectivity index (χ2n) is 5.95. The van der Waals surface area contributed by atoms with Gasteiger partial charge in [-0.05, 0) is 31.1 Å². The Morgan fingerprint density at radius 3 is 2.18 bits per heavy atom. The van der Waals surface area contributed by atoms with Gasteiger partial charge in [-0.25, -0.2) is 0 Å². The van der Waals surface area contributed by atoms with Crippen molar-refractivity contribution in [2.45, 2.75) is 58.8 Å². The van der Waals surface area contributed by atoms with Crippen LogP contribution in [0.25, 0.3) is 0 Å². The maximum absolute atomic E-state index is 11.7. The van der Waals surface area contributed by atoms with Crippen LogP contribution in [0.4, 0.5) is 0 Å². The summed E-state index contributed by atoms with van der Waals surface area (Å²) in [5, 5.41) is 9.64. The normalized spacial score (nSPS) is 22.1. The van der Waals surface area contributed by atoms with E-state index in [0.717, 1.165) is 25.7 Å². The first-order chi connectivity index (χ1) is 8.03. The van der Waals surface area contributed by atoms with E-state index in [0.29, 0.717) is 12.3 Å². The number of carbonyl (C=O) groups is 1. The summed E-state index contributed by atoms with van der Waals surface area (Å²) >= 11 is 0. The van der Waals surface area contributed by atoms with Gasteiger partial charge in [-0.2, -0.15) is 0 Å². The van der Waals surface area contributed by atoms with Crippen molar-refractivity contribution < 1.29 is 9.90 Å². The van der Waals surface area contributed by atoms with Crippen LogP contribution in [0.2, 0.25) is 0 Å². The Balaban J connectivity index is 2.89. The fourth-order valence-electron chi connectivity index (χ4n) is 3.33. The van der Waals surface area contributed by atoms with E-state index in [1.807, 2.05) is 0 Å². The van der Waals surface area contributed by atoms with E-state index >= 15 is 0 Å². The molecule has 1 saturated carbocycles. The summed E-state index contributed by atoms with van der Waals surface area (Å²) in [4.78, 5) is 11.7. The van der Waals surface area contributed by atoms with Crippen LogP contribution in [0.3, 0.4) is 0 Å². The van der Waals surface area contributed by atoms with Gasteiger partial charge in [-0.15, -0.1) is 0 Å². The lowest BCUT2D eigenvalue weighted by atomic mass is 9.67. The number of hydrogen-bond donors (Lipinski definition) is 2. The zero-order valence-electron chi connectivity index (χ0n) is 11.2. The average molecular weight is 241 g/mol. The third kappa shape index (κ3) is 3.44. The van der Waals surface area contributed by atoms with Crippen LogP contribution in [-0.4, -0.2) is 17.6 Å². The number of carboxylic acids is 1. The van der Waals surface area contributed by atoms with Gasteiger partial charge in [0.15, 0.2) is 0 Å². The highest BCUT2D eigenvalue weighted by molar-refractivity contribution is 5.75. The largest absolute Gasteiger partial charge is 0.481 e. The smallest absolute Gasteiger partial charge is 0.311 e. The molecular formula is C14H27NO2. The molecule has 100 valence electrons. The van der Waals surface area contributed by atoms with Crippen LogP contribution in [0.1, 0.15) is 58.8 Å². The van der Waals surface area contributed by atoms with Crippen molar-refractivity contribution in [2.24, 2.45) is 23.0 Å². The van der Waals surface area contributed by atoms with E-state index in [1.54, 1.807) is 0 Å². The Kier molecular flexibility index (Phi) is 5.44. The highest BCUT2D eigenvalue weighted by atomic mass is 16.4. The third-order valence-electron chi connectivity index (χ3n) is 4.20. The molecule has 0 amide bonds. The average Bonchev–Trinajstić information content (AvgIpc) is 2.53. The first-order valence-electron chi connectivity index (χ1n) is 6.96. The summed E-state index contributed by atoms with van der Waals surface area (Å²) in [7, 11) is 0. The van der Waals surface area contributed by atoms with Crippen molar-refractivity contribution in [3.8, 4) is 0 Å². The van der Waals surface area contributed by atoms with Crippen LogP contribution >= 0.6 is 0 Å². The van der Waals surface area contributed by atoms with Crippen molar-refractivity contribution in [2.75, 3.05) is 6.54 Å². The fourth-order valence-corrected chi connectivity index (χ4v) is 3.33. The predicted molar refractivity (Wildman–Crippen MR) is 69.8 cm³/mol. The molecule has 0 bridgehead atoms. The Morgan fingerprint density at radius 1 is 1.29 bits per heavy atom. The Labute approximate surface area is 105 Å². The topological polar surface area (TPSA) is 63.3 Å². The molecule has 0 heterocycles. The predicted octanol–water partition coefficient (Wildman–Crippen LogP) is 3.03. The van der Waals surface area contributed by atoms with Gasteiger partial charge in [-0.3, -0.25) is 4.79 Å². The minimum Gasteiger partial charge on any atom is -0.481 e. The van der Waals surface area contributed by atoms with Crippen molar-refractivity contribution in [1.82, 2.24) is 0 Å². The zero-order valence-corrected chi connectivity index (χ0v) is 11.2. The minimum atomic E-state index is -0.682. The highest BCUT2D eigenvalue weighted by Crippen LogP contribution is 2.41. The van der Waals surface area contributed by atoms with E-state index in [9.17, 15) is 9.90 Å². The molecule has 1 atom stereocenters. The van der Waals surface area contributed by atoms with E-state index in [4.69, 9.17) is 5.73 Å². The van der Waals surface area contributed by atoms with Crippen LogP contribution in [0.5, 0.6) is 0 Å². The van der Waals surface area contributed by atoms with Crippen LogP contribution in [-0.2, 0) is 4.79 Å². The first-order valence-corrected chi connectivity index (χ1v) is 6.96. The second kappa shape index (κ2) is 6.39. The number of nitrogens with two attached hydrogens (primary N) is 1. The quantitative estimate of drug-likeness (QED) is 0.727. The van der Waals surface area contributed by atoms with Crippen LogP contribution in [0.15, 0.2) is 0 Å². The molecule has 0 aromatic carbocycles. The molecule has 1 rings (SSSR count). The second-order valence-corrected chi connectivity index (χ2v) is 5.95. The van der Waals surface area contributed by atoms with Gasteiger partial charge in [0.25, 0.3) is 0 Å². The monoisotopic (exact) mass is 241 g/mol. The molecule has 3 N–H and O–H groups in total. The van der Waals surface area contributed by atoms with Crippen LogP contribution in [0, 0.1) is 17.3 Å². The summed E-state index contributed by atoms with van der Waals surface area (Å²) in [5.41, 5.74) is 5.18. The molecule has 0 saturated heterocycles. The molecular weight excluding hydrogens is 214 g/mol. The van der Waals surface area contributed by atoms with Crippen LogP contribution < -0.4 is 5.73 Å². The van der Waals surface area contributed by atoms with Gasteiger partial charge in [0.2, 0.25) is 0 Å². The van der Waals surface area contributed by atoms with E-state index < -0.39 is 11.4 Å². The number of hydrogen-bond acceptors (Lipinski definition) is 2. The summed E-state index contributed by atoms with van der Waals surface area (Å²) in [6.45, 7) is 4.46. The first kappa shape index (κ1) is 14.5. The number of rotatable bonds is 5. The third-order valence-corrected chi connectivity index (χ3v) is 4.20. The molecule has 0 radical (unpaired) electrons. The maximum atomic E-state index is 11.7. The zero-order chi connectivity index (χ0) is 12.9. The van der Waals surface area contributed by atoms with Gasteiger partial charge in [-0.1, -0.05) is 39.5 Å². The molecule has 3 heteroatoms. The molecule has 1 fully saturated rings. The van der Waals surface area contributed by atoms with E-state index in [-0.39, 0.29) is 12.5 Å². The van der Waals surface area contributed by atoms with Gasteiger partial charge in [0, 0.05) is 6.54 Å². The highest BCUT2D eigenvalue weighted by Gasteiger charge is 2.44. The molecule has 1 aliphatic rings. The molecule has 1 aliphatic carbocycles. The molecule has 3 nitrogen and oxygen atoms in total. The fraction of sp³-hybridized carbons (Fsp3) is 0.929. The van der Waals surface area contributed by atoms with Gasteiger partial charge >= 0.3 is 5.97 Å². The summed E-state index contributed by atoms with van der Waals surface area (Å²) in [6, 6.07) is 0. The molecule has 0 spiro atoms. The lowest BCUT2D eigenvalue weighted by Crippen LogP contribution is -2.46. The molecule has 17 heavy (non-hydrogen) atoms. The summed E-state index contributed by atoms with van der Waals surface area (Å²) in [6.07, 6.45) is 7.61. The van der Waals surface area contributed by atoms with Crippen molar-refractivity contribution in [3.05, 3.63) is 0 Å². The lowest BCUT2D eigenvalue weighted by molar-refractivity contribution is -0.153. The molecule has 0 aromatic rings. The van der Waals surface area contributed by atoms with Gasteiger partial charge in [0.05, 0.1) is 5.41 Å². The molecule has 1 unspecified atom stereocenters. The van der Waals surface area contributed by atoms with Crippen molar-refractivity contribution in [3.63, 3.8) is 0 Å². The number of aliphatic carboxylic acids is 1. The van der Waals surface area contributed by atoms with E-state index in [1.165, 1.54) is 12.8 Å².